The number of β-amino-alcohol motifs (C(OH)–C–C–N with tert-alkyl or cyclic N) is 1. The lowest BCUT2D eigenvalue weighted by atomic mass is 9.91. The van der Waals surface area contributed by atoms with Gasteiger partial charge in [-0.3, -0.25) is 9.69 Å². The van der Waals surface area contributed by atoms with Crippen LogP contribution in [-0.4, -0.2) is 72.4 Å². The van der Waals surface area contributed by atoms with Gasteiger partial charge in [0, 0.05) is 56.6 Å². The van der Waals surface area contributed by atoms with Gasteiger partial charge in [0.15, 0.2) is 0 Å². The largest absolute Gasteiger partial charge is 0.395 e. The molecule has 2 N–H and O–H groups in total. The third-order valence-electron chi connectivity index (χ3n) is 4.62. The average molecular weight is 424 g/mol. The van der Waals surface area contributed by atoms with Crippen LogP contribution in [0.4, 0.5) is 0 Å². The highest BCUT2D eigenvalue weighted by atomic mass is 35.5. The first kappa shape index (κ1) is 23.1. The summed E-state index contributed by atoms with van der Waals surface area (Å²) in [5.41, 5.74) is 4.52. The second-order valence-corrected chi connectivity index (χ2v) is 6.74. The zero-order valence-electron chi connectivity index (χ0n) is 14.4. The van der Waals surface area contributed by atoms with Gasteiger partial charge < -0.3 is 10.0 Å². The second kappa shape index (κ2) is 11.1. The zero-order chi connectivity index (χ0) is 16.9. The monoisotopic (exact) mass is 422 g/mol. The number of carbonyl (C=O) groups excluding carboxylic acids is 1. The first-order valence-electron chi connectivity index (χ1n) is 8.33. The van der Waals surface area contributed by atoms with Crippen molar-refractivity contribution in [1.82, 2.24) is 15.2 Å². The Hall–Kier alpha value is -0.890. The predicted molar refractivity (Wildman–Crippen MR) is 109 cm³/mol. The number of amides is 1. The van der Waals surface area contributed by atoms with Crippen molar-refractivity contribution in [1.29, 1.82) is 0 Å². The van der Waals surface area contributed by atoms with Crippen molar-refractivity contribution in [3.63, 3.8) is 0 Å². The predicted octanol–water partition coefficient (Wildman–Crippen LogP) is 1.63. The SMILES string of the molecule is Cl.Cl.O=C1CC(CN2CCN(CCO)CC2)C(c2ccc(Cl)cc2)=NN1. The van der Waals surface area contributed by atoms with Crippen molar-refractivity contribution in [2.24, 2.45) is 11.0 Å². The Morgan fingerprint density at radius 2 is 1.73 bits per heavy atom. The Morgan fingerprint density at radius 3 is 2.35 bits per heavy atom. The fourth-order valence-corrected chi connectivity index (χ4v) is 3.43. The fraction of sp³-hybridized carbons (Fsp3) is 0.529. The summed E-state index contributed by atoms with van der Waals surface area (Å²) in [6, 6.07) is 7.59. The molecule has 0 bridgehead atoms. The summed E-state index contributed by atoms with van der Waals surface area (Å²) in [6.07, 6.45) is 0.457. The highest BCUT2D eigenvalue weighted by Crippen LogP contribution is 2.20. The Morgan fingerprint density at radius 1 is 1.12 bits per heavy atom. The molecule has 0 aromatic heterocycles. The van der Waals surface area contributed by atoms with Crippen LogP contribution in [0.2, 0.25) is 5.02 Å². The van der Waals surface area contributed by atoms with Crippen LogP contribution < -0.4 is 5.43 Å². The number of halogens is 3. The molecule has 2 aliphatic heterocycles. The molecule has 3 rings (SSSR count). The standard InChI is InChI=1S/C17H23ClN4O2.2ClH/c18-15-3-1-13(2-4-15)17-14(11-16(24)19-20-17)12-22-7-5-21(6-8-22)9-10-23;;/h1-4,14,23H,5-12H2,(H,19,24);2*1H. The number of rotatable bonds is 5. The smallest absolute Gasteiger partial charge is 0.240 e. The van der Waals surface area contributed by atoms with Crippen LogP contribution in [0.25, 0.3) is 0 Å². The minimum atomic E-state index is -0.0309. The molecular weight excluding hydrogens is 399 g/mol. The Labute approximate surface area is 171 Å². The van der Waals surface area contributed by atoms with Crippen molar-refractivity contribution < 1.29 is 9.90 Å². The fourth-order valence-electron chi connectivity index (χ4n) is 3.30. The molecule has 6 nitrogen and oxygen atoms in total. The lowest BCUT2D eigenvalue weighted by molar-refractivity contribution is -0.122. The first-order chi connectivity index (χ1) is 11.7. The van der Waals surface area contributed by atoms with E-state index in [1.807, 2.05) is 24.3 Å². The van der Waals surface area contributed by atoms with Gasteiger partial charge in [-0.1, -0.05) is 23.7 Å². The van der Waals surface area contributed by atoms with Gasteiger partial charge in [-0.05, 0) is 17.7 Å². The van der Waals surface area contributed by atoms with Crippen LogP contribution in [0, 0.1) is 5.92 Å². The molecule has 1 aromatic carbocycles. The highest BCUT2D eigenvalue weighted by molar-refractivity contribution is 6.30. The summed E-state index contributed by atoms with van der Waals surface area (Å²) in [7, 11) is 0. The number of hydrazone groups is 1. The molecule has 0 aliphatic carbocycles. The van der Waals surface area contributed by atoms with Crippen molar-refractivity contribution in [3.05, 3.63) is 34.9 Å². The number of aliphatic hydroxyl groups excluding tert-OH is 1. The van der Waals surface area contributed by atoms with Gasteiger partial charge in [0.05, 0.1) is 12.3 Å². The van der Waals surface area contributed by atoms with Crippen LogP contribution in [0.15, 0.2) is 29.4 Å². The van der Waals surface area contributed by atoms with Crippen LogP contribution in [0.1, 0.15) is 12.0 Å². The third kappa shape index (κ3) is 6.08. The van der Waals surface area contributed by atoms with Crippen LogP contribution in [0.5, 0.6) is 0 Å². The van der Waals surface area contributed by atoms with Gasteiger partial charge >= 0.3 is 0 Å². The molecule has 1 unspecified atom stereocenters. The number of benzene rings is 1. The minimum absolute atomic E-state index is 0. The zero-order valence-corrected chi connectivity index (χ0v) is 16.8. The summed E-state index contributed by atoms with van der Waals surface area (Å²) >= 11 is 5.96. The maximum absolute atomic E-state index is 11.8. The normalized spacial score (nSPS) is 21.2. The summed E-state index contributed by atoms with van der Waals surface area (Å²) in [5, 5.41) is 14.0. The summed E-state index contributed by atoms with van der Waals surface area (Å²) in [6.45, 7) is 5.56. The van der Waals surface area contributed by atoms with E-state index in [1.54, 1.807) is 0 Å². The maximum atomic E-state index is 11.8. The number of hydrogen-bond donors (Lipinski definition) is 2. The van der Waals surface area contributed by atoms with E-state index >= 15 is 0 Å². The van der Waals surface area contributed by atoms with Gasteiger partial charge in [-0.15, -0.1) is 24.8 Å². The van der Waals surface area contributed by atoms with Crippen molar-refractivity contribution in [3.8, 4) is 0 Å². The quantitative estimate of drug-likeness (QED) is 0.755. The highest BCUT2D eigenvalue weighted by Gasteiger charge is 2.28. The lowest BCUT2D eigenvalue weighted by Gasteiger charge is -2.36. The summed E-state index contributed by atoms with van der Waals surface area (Å²) < 4.78 is 0. The number of piperazine rings is 1. The molecule has 1 atom stereocenters. The topological polar surface area (TPSA) is 68.2 Å². The van der Waals surface area contributed by atoms with Gasteiger partial charge in [0.25, 0.3) is 0 Å². The van der Waals surface area contributed by atoms with Crippen molar-refractivity contribution in [2.45, 2.75) is 6.42 Å². The molecule has 26 heavy (non-hydrogen) atoms. The van der Waals surface area contributed by atoms with Crippen molar-refractivity contribution >= 4 is 48.0 Å². The molecular formula is C17H25Cl3N4O2. The van der Waals surface area contributed by atoms with Gasteiger partial charge in [-0.2, -0.15) is 5.10 Å². The lowest BCUT2D eigenvalue weighted by Crippen LogP contribution is -2.50. The Kier molecular flexibility index (Phi) is 9.85. The second-order valence-electron chi connectivity index (χ2n) is 6.31. The van der Waals surface area contributed by atoms with Crippen molar-refractivity contribution in [2.75, 3.05) is 45.9 Å². The Bertz CT molecular complexity index is 605. The molecule has 0 saturated carbocycles. The van der Waals surface area contributed by atoms with Gasteiger partial charge in [0.1, 0.15) is 0 Å². The van der Waals surface area contributed by atoms with E-state index in [2.05, 4.69) is 20.3 Å². The molecule has 0 spiro atoms. The van der Waals surface area contributed by atoms with E-state index in [0.717, 1.165) is 50.5 Å². The number of aliphatic hydroxyl groups is 1. The van der Waals surface area contributed by atoms with E-state index in [4.69, 9.17) is 16.7 Å². The van der Waals surface area contributed by atoms with Gasteiger partial charge in [0.2, 0.25) is 5.91 Å². The molecule has 1 saturated heterocycles. The number of nitrogens with zero attached hydrogens (tertiary/aromatic N) is 3. The van der Waals surface area contributed by atoms with E-state index in [9.17, 15) is 4.79 Å². The molecule has 1 fully saturated rings. The van der Waals surface area contributed by atoms with E-state index in [0.29, 0.717) is 11.4 Å². The summed E-state index contributed by atoms with van der Waals surface area (Å²) in [4.78, 5) is 16.4. The van der Waals surface area contributed by atoms with Crippen LogP contribution in [0.3, 0.4) is 0 Å². The third-order valence-corrected chi connectivity index (χ3v) is 4.87. The first-order valence-corrected chi connectivity index (χ1v) is 8.71. The molecule has 2 heterocycles. The van der Waals surface area contributed by atoms with E-state index in [1.165, 1.54) is 0 Å². The Balaban J connectivity index is 0.00000169. The molecule has 1 amide bonds. The van der Waals surface area contributed by atoms with Gasteiger partial charge in [-0.25, -0.2) is 5.43 Å². The van der Waals surface area contributed by atoms with Crippen LogP contribution >= 0.6 is 36.4 Å². The number of nitrogens with one attached hydrogen (secondary N) is 1. The van der Waals surface area contributed by atoms with Crippen LogP contribution in [-0.2, 0) is 4.79 Å². The average Bonchev–Trinajstić information content (AvgIpc) is 2.58. The minimum Gasteiger partial charge on any atom is -0.395 e. The molecule has 1 aromatic rings. The molecule has 146 valence electrons. The molecule has 0 radical (unpaired) electrons. The molecule has 9 heteroatoms. The van der Waals surface area contributed by atoms with E-state index in [-0.39, 0.29) is 43.2 Å². The maximum Gasteiger partial charge on any atom is 0.240 e. The summed E-state index contributed by atoms with van der Waals surface area (Å²) in [5.74, 6) is 0.0564. The number of carbonyl (C=O) groups is 1. The molecule has 2 aliphatic rings. The van der Waals surface area contributed by atoms with E-state index < -0.39 is 0 Å². The number of hydrogen-bond acceptors (Lipinski definition) is 5.